The first kappa shape index (κ1) is 13.9. The molecule has 0 fully saturated rings. The SMILES string of the molecule is CCC(=O)OC(C)(C)CC(NC)C(=O)O. The van der Waals surface area contributed by atoms with Gasteiger partial charge < -0.3 is 15.2 Å². The normalized spacial score (nSPS) is 13.3. The molecule has 0 aliphatic rings. The van der Waals surface area contributed by atoms with Crippen molar-refractivity contribution in [3.05, 3.63) is 0 Å². The summed E-state index contributed by atoms with van der Waals surface area (Å²) in [6.07, 6.45) is 0.533. The van der Waals surface area contributed by atoms with Gasteiger partial charge in [0.15, 0.2) is 0 Å². The molecule has 0 spiro atoms. The molecule has 88 valence electrons. The predicted molar refractivity (Wildman–Crippen MR) is 55.6 cm³/mol. The summed E-state index contributed by atoms with van der Waals surface area (Å²) >= 11 is 0. The summed E-state index contributed by atoms with van der Waals surface area (Å²) < 4.78 is 5.13. The summed E-state index contributed by atoms with van der Waals surface area (Å²) in [6, 6.07) is -0.704. The smallest absolute Gasteiger partial charge is 0.320 e. The van der Waals surface area contributed by atoms with Crippen LogP contribution in [0, 0.1) is 0 Å². The van der Waals surface area contributed by atoms with Crippen molar-refractivity contribution in [3.8, 4) is 0 Å². The zero-order chi connectivity index (χ0) is 12.1. The van der Waals surface area contributed by atoms with Gasteiger partial charge in [0.25, 0.3) is 0 Å². The van der Waals surface area contributed by atoms with Gasteiger partial charge in [-0.05, 0) is 20.9 Å². The molecule has 0 rings (SSSR count). The third-order valence-corrected chi connectivity index (χ3v) is 2.02. The summed E-state index contributed by atoms with van der Waals surface area (Å²) in [5.41, 5.74) is -0.765. The third kappa shape index (κ3) is 5.37. The molecule has 1 atom stereocenters. The fraction of sp³-hybridized carbons (Fsp3) is 0.800. The van der Waals surface area contributed by atoms with Crippen molar-refractivity contribution in [2.75, 3.05) is 7.05 Å². The van der Waals surface area contributed by atoms with Crippen LogP contribution in [0.15, 0.2) is 0 Å². The Balaban J connectivity index is 4.34. The van der Waals surface area contributed by atoms with Gasteiger partial charge in [0.2, 0.25) is 0 Å². The van der Waals surface area contributed by atoms with Crippen LogP contribution in [0.2, 0.25) is 0 Å². The van der Waals surface area contributed by atoms with E-state index >= 15 is 0 Å². The summed E-state index contributed by atoms with van der Waals surface area (Å²) in [5.74, 6) is -1.27. The van der Waals surface area contributed by atoms with Crippen LogP contribution in [0.1, 0.15) is 33.6 Å². The minimum absolute atomic E-state index is 0.241. The number of nitrogens with one attached hydrogen (secondary N) is 1. The number of ether oxygens (including phenoxy) is 1. The second-order valence-electron chi connectivity index (χ2n) is 3.97. The number of carboxylic acids is 1. The Bertz CT molecular complexity index is 238. The standard InChI is InChI=1S/C10H19NO4/c1-5-8(12)15-10(2,3)6-7(11-4)9(13)14/h7,11H,5-6H2,1-4H3,(H,13,14). The summed E-state index contributed by atoms with van der Waals surface area (Å²) in [4.78, 5) is 21.8. The fourth-order valence-corrected chi connectivity index (χ4v) is 1.23. The molecule has 0 heterocycles. The molecule has 5 heteroatoms. The maximum Gasteiger partial charge on any atom is 0.320 e. The molecule has 0 aliphatic heterocycles. The molecule has 2 N–H and O–H groups in total. The highest BCUT2D eigenvalue weighted by molar-refractivity contribution is 5.74. The first-order valence-electron chi connectivity index (χ1n) is 4.94. The Morgan fingerprint density at radius 2 is 2.00 bits per heavy atom. The van der Waals surface area contributed by atoms with E-state index in [4.69, 9.17) is 9.84 Å². The third-order valence-electron chi connectivity index (χ3n) is 2.02. The second kappa shape index (κ2) is 5.70. The maximum atomic E-state index is 11.1. The van der Waals surface area contributed by atoms with E-state index in [1.807, 2.05) is 0 Å². The van der Waals surface area contributed by atoms with Crippen molar-refractivity contribution in [2.45, 2.75) is 45.3 Å². The van der Waals surface area contributed by atoms with Crippen LogP contribution >= 0.6 is 0 Å². The van der Waals surface area contributed by atoms with Gasteiger partial charge >= 0.3 is 11.9 Å². The number of hydrogen-bond acceptors (Lipinski definition) is 4. The van der Waals surface area contributed by atoms with Crippen molar-refractivity contribution in [2.24, 2.45) is 0 Å². The van der Waals surface area contributed by atoms with Crippen LogP contribution in [0.25, 0.3) is 0 Å². The van der Waals surface area contributed by atoms with Crippen LogP contribution in [0.5, 0.6) is 0 Å². The lowest BCUT2D eigenvalue weighted by atomic mass is 9.99. The first-order chi connectivity index (χ1) is 6.82. The van der Waals surface area contributed by atoms with Crippen molar-refractivity contribution in [1.82, 2.24) is 5.32 Å². The van der Waals surface area contributed by atoms with Crippen LogP contribution in [-0.2, 0) is 14.3 Å². The Morgan fingerprint density at radius 1 is 1.47 bits per heavy atom. The molecule has 15 heavy (non-hydrogen) atoms. The lowest BCUT2D eigenvalue weighted by Gasteiger charge is -2.27. The van der Waals surface area contributed by atoms with Crippen LogP contribution in [0.3, 0.4) is 0 Å². The van der Waals surface area contributed by atoms with Gasteiger partial charge in [-0.1, -0.05) is 6.92 Å². The molecular formula is C10H19NO4. The number of carbonyl (C=O) groups is 2. The molecule has 1 unspecified atom stereocenters. The minimum atomic E-state index is -0.946. The van der Waals surface area contributed by atoms with E-state index in [1.165, 1.54) is 0 Å². The van der Waals surface area contributed by atoms with E-state index in [0.29, 0.717) is 6.42 Å². The molecule has 0 radical (unpaired) electrons. The lowest BCUT2D eigenvalue weighted by Crippen LogP contribution is -2.42. The molecule has 5 nitrogen and oxygen atoms in total. The van der Waals surface area contributed by atoms with E-state index in [0.717, 1.165) is 0 Å². The van der Waals surface area contributed by atoms with E-state index in [9.17, 15) is 9.59 Å². The van der Waals surface area contributed by atoms with Crippen molar-refractivity contribution >= 4 is 11.9 Å². The summed E-state index contributed by atoms with van der Waals surface area (Å²) in [7, 11) is 1.57. The van der Waals surface area contributed by atoms with Crippen LogP contribution in [0.4, 0.5) is 0 Å². The van der Waals surface area contributed by atoms with Crippen molar-refractivity contribution in [3.63, 3.8) is 0 Å². The van der Waals surface area contributed by atoms with Gasteiger partial charge in [0.1, 0.15) is 11.6 Å². The fourth-order valence-electron chi connectivity index (χ4n) is 1.23. The number of carboxylic acid groups (broad SMARTS) is 1. The van der Waals surface area contributed by atoms with Gasteiger partial charge in [0, 0.05) is 12.8 Å². The number of hydrogen-bond donors (Lipinski definition) is 2. The maximum absolute atomic E-state index is 11.1. The monoisotopic (exact) mass is 217 g/mol. The van der Waals surface area contributed by atoms with Gasteiger partial charge in [-0.3, -0.25) is 9.59 Å². The van der Waals surface area contributed by atoms with Crippen molar-refractivity contribution < 1.29 is 19.4 Å². The zero-order valence-corrected chi connectivity index (χ0v) is 9.66. The van der Waals surface area contributed by atoms with Gasteiger partial charge in [-0.25, -0.2) is 0 Å². The van der Waals surface area contributed by atoms with Gasteiger partial charge in [-0.15, -0.1) is 0 Å². The quantitative estimate of drug-likeness (QED) is 0.643. The molecule has 0 saturated heterocycles. The average molecular weight is 217 g/mol. The molecule has 0 aromatic heterocycles. The molecular weight excluding hydrogens is 198 g/mol. The largest absolute Gasteiger partial charge is 0.480 e. The van der Waals surface area contributed by atoms with E-state index in [1.54, 1.807) is 27.8 Å². The highest BCUT2D eigenvalue weighted by Gasteiger charge is 2.29. The Kier molecular flexibility index (Phi) is 5.28. The number of esters is 1. The number of carbonyl (C=O) groups excluding carboxylic acids is 1. The van der Waals surface area contributed by atoms with E-state index < -0.39 is 17.6 Å². The van der Waals surface area contributed by atoms with Gasteiger partial charge in [-0.2, -0.15) is 0 Å². The van der Waals surface area contributed by atoms with Crippen LogP contribution < -0.4 is 5.32 Å². The highest BCUT2D eigenvalue weighted by atomic mass is 16.6. The van der Waals surface area contributed by atoms with Crippen molar-refractivity contribution in [1.29, 1.82) is 0 Å². The Morgan fingerprint density at radius 3 is 2.33 bits per heavy atom. The molecule has 0 aliphatic carbocycles. The second-order valence-corrected chi connectivity index (χ2v) is 3.97. The predicted octanol–water partition coefficient (Wildman–Crippen LogP) is 0.781. The zero-order valence-electron chi connectivity index (χ0n) is 9.66. The first-order valence-corrected chi connectivity index (χ1v) is 4.94. The van der Waals surface area contributed by atoms with Gasteiger partial charge in [0.05, 0.1) is 0 Å². The molecule has 0 bridgehead atoms. The van der Waals surface area contributed by atoms with E-state index in [-0.39, 0.29) is 12.4 Å². The summed E-state index contributed by atoms with van der Waals surface area (Å²) in [6.45, 7) is 5.10. The highest BCUT2D eigenvalue weighted by Crippen LogP contribution is 2.17. The van der Waals surface area contributed by atoms with Crippen LogP contribution in [-0.4, -0.2) is 35.7 Å². The lowest BCUT2D eigenvalue weighted by molar-refractivity contribution is -0.159. The molecule has 0 saturated carbocycles. The topological polar surface area (TPSA) is 75.6 Å². The molecule has 0 amide bonds. The number of rotatable bonds is 6. The molecule has 0 aromatic rings. The number of aliphatic carboxylic acids is 1. The Labute approximate surface area is 89.8 Å². The summed E-state index contributed by atoms with van der Waals surface area (Å²) in [5, 5.41) is 11.5. The molecule has 0 aromatic carbocycles. The minimum Gasteiger partial charge on any atom is -0.480 e. The Hall–Kier alpha value is -1.10. The van der Waals surface area contributed by atoms with E-state index in [2.05, 4.69) is 5.32 Å². The average Bonchev–Trinajstić information content (AvgIpc) is 2.13. The number of likely N-dealkylation sites (N-methyl/N-ethyl adjacent to an activating group) is 1.